The van der Waals surface area contributed by atoms with Gasteiger partial charge in [-0.2, -0.15) is 5.10 Å². The van der Waals surface area contributed by atoms with Crippen molar-refractivity contribution in [3.63, 3.8) is 0 Å². The predicted molar refractivity (Wildman–Crippen MR) is 129 cm³/mol. The van der Waals surface area contributed by atoms with Crippen LogP contribution in [0.3, 0.4) is 0 Å². The highest BCUT2D eigenvalue weighted by Crippen LogP contribution is 2.37. The summed E-state index contributed by atoms with van der Waals surface area (Å²) in [5.41, 5.74) is 4.64. The zero-order valence-corrected chi connectivity index (χ0v) is 19.8. The normalized spacial score (nSPS) is 10.8. The first-order valence-electron chi connectivity index (χ1n) is 10.3. The molecule has 176 valence electrons. The van der Waals surface area contributed by atoms with Gasteiger partial charge in [0.05, 0.1) is 29.3 Å². The third kappa shape index (κ3) is 7.14. The molecule has 0 spiro atoms. The zero-order valence-electron chi connectivity index (χ0n) is 18.3. The van der Waals surface area contributed by atoms with E-state index in [-0.39, 0.29) is 30.3 Å². The number of ether oxygens (including phenoxy) is 2. The van der Waals surface area contributed by atoms with Gasteiger partial charge in [0.25, 0.3) is 0 Å². The molecular formula is C25H22BrFN2O5. The van der Waals surface area contributed by atoms with Crippen molar-refractivity contribution >= 4 is 34.0 Å². The Labute approximate surface area is 204 Å². The SMILES string of the molecule is CCOc1cc(/C=N/NC(=O)Cc2ccc(F)cc2)cc(Br)c1OCc1cccc(C(=O)O)c1. The van der Waals surface area contributed by atoms with E-state index in [0.717, 1.165) is 0 Å². The molecule has 0 atom stereocenters. The van der Waals surface area contributed by atoms with E-state index in [0.29, 0.717) is 39.3 Å². The van der Waals surface area contributed by atoms with E-state index in [1.807, 2.05) is 6.92 Å². The second-order valence-electron chi connectivity index (χ2n) is 7.15. The number of nitrogens with zero attached hydrogens (tertiary/aromatic N) is 1. The van der Waals surface area contributed by atoms with Crippen molar-refractivity contribution in [2.24, 2.45) is 5.10 Å². The summed E-state index contributed by atoms with van der Waals surface area (Å²) in [5.74, 6) is -0.786. The van der Waals surface area contributed by atoms with Crippen LogP contribution >= 0.6 is 15.9 Å². The molecule has 0 fully saturated rings. The van der Waals surface area contributed by atoms with Gasteiger partial charge in [0, 0.05) is 0 Å². The maximum absolute atomic E-state index is 13.0. The minimum Gasteiger partial charge on any atom is -0.490 e. The molecule has 9 heteroatoms. The number of halogens is 2. The fourth-order valence-corrected chi connectivity index (χ4v) is 3.60. The molecule has 3 aromatic rings. The second-order valence-corrected chi connectivity index (χ2v) is 8.01. The van der Waals surface area contributed by atoms with Gasteiger partial charge in [-0.25, -0.2) is 14.6 Å². The quantitative estimate of drug-likeness (QED) is 0.286. The summed E-state index contributed by atoms with van der Waals surface area (Å²) in [5, 5.41) is 13.1. The molecule has 2 N–H and O–H groups in total. The van der Waals surface area contributed by atoms with Gasteiger partial charge in [-0.1, -0.05) is 24.3 Å². The summed E-state index contributed by atoms with van der Waals surface area (Å²) < 4.78 is 25.2. The number of carbonyl (C=O) groups is 2. The largest absolute Gasteiger partial charge is 0.490 e. The Balaban J connectivity index is 1.67. The zero-order chi connectivity index (χ0) is 24.5. The van der Waals surface area contributed by atoms with E-state index in [9.17, 15) is 14.0 Å². The molecule has 0 unspecified atom stereocenters. The Kier molecular flexibility index (Phi) is 8.75. The van der Waals surface area contributed by atoms with Crippen LogP contribution in [0, 0.1) is 5.82 Å². The van der Waals surface area contributed by atoms with Crippen molar-refractivity contribution in [2.75, 3.05) is 6.61 Å². The molecule has 0 radical (unpaired) electrons. The Morgan fingerprint density at radius 2 is 1.85 bits per heavy atom. The first kappa shape index (κ1) is 24.9. The van der Waals surface area contributed by atoms with E-state index in [1.54, 1.807) is 42.5 Å². The Morgan fingerprint density at radius 3 is 2.56 bits per heavy atom. The fourth-order valence-electron chi connectivity index (χ4n) is 3.02. The van der Waals surface area contributed by atoms with Crippen LogP contribution in [0.15, 0.2) is 70.2 Å². The Morgan fingerprint density at radius 1 is 1.09 bits per heavy atom. The third-order valence-electron chi connectivity index (χ3n) is 4.57. The highest BCUT2D eigenvalue weighted by atomic mass is 79.9. The molecular weight excluding hydrogens is 507 g/mol. The van der Waals surface area contributed by atoms with Gasteiger partial charge in [-0.3, -0.25) is 4.79 Å². The summed E-state index contributed by atoms with van der Waals surface area (Å²) in [6, 6.07) is 15.6. The van der Waals surface area contributed by atoms with Gasteiger partial charge in [0.2, 0.25) is 5.91 Å². The molecule has 0 saturated heterocycles. The molecule has 7 nitrogen and oxygen atoms in total. The Hall–Kier alpha value is -3.72. The first-order chi connectivity index (χ1) is 16.4. The van der Waals surface area contributed by atoms with Gasteiger partial charge in [-0.15, -0.1) is 0 Å². The number of carboxylic acid groups (broad SMARTS) is 1. The maximum Gasteiger partial charge on any atom is 0.335 e. The minimum absolute atomic E-state index is 0.0708. The van der Waals surface area contributed by atoms with Crippen LogP contribution in [0.25, 0.3) is 0 Å². The average Bonchev–Trinajstić information content (AvgIpc) is 2.80. The number of nitrogens with one attached hydrogen (secondary N) is 1. The number of hydrogen-bond acceptors (Lipinski definition) is 5. The van der Waals surface area contributed by atoms with Crippen molar-refractivity contribution in [1.29, 1.82) is 0 Å². The lowest BCUT2D eigenvalue weighted by atomic mass is 10.1. The monoisotopic (exact) mass is 528 g/mol. The molecule has 3 rings (SSSR count). The van der Waals surface area contributed by atoms with Gasteiger partial charge >= 0.3 is 5.97 Å². The molecule has 0 aliphatic heterocycles. The molecule has 0 heterocycles. The third-order valence-corrected chi connectivity index (χ3v) is 5.16. The van der Waals surface area contributed by atoms with Crippen molar-refractivity contribution < 1.29 is 28.6 Å². The smallest absolute Gasteiger partial charge is 0.335 e. The van der Waals surface area contributed by atoms with Crippen molar-refractivity contribution in [2.45, 2.75) is 20.0 Å². The summed E-state index contributed by atoms with van der Waals surface area (Å²) in [6.45, 7) is 2.38. The lowest BCUT2D eigenvalue weighted by molar-refractivity contribution is -0.120. The summed E-state index contributed by atoms with van der Waals surface area (Å²) >= 11 is 3.47. The molecule has 34 heavy (non-hydrogen) atoms. The Bertz CT molecular complexity index is 1200. The molecule has 0 bridgehead atoms. The minimum atomic E-state index is -1.01. The van der Waals surface area contributed by atoms with Crippen LogP contribution in [0.5, 0.6) is 11.5 Å². The molecule has 0 aromatic heterocycles. The number of amides is 1. The van der Waals surface area contributed by atoms with Crippen molar-refractivity contribution in [3.05, 3.63) is 93.2 Å². The van der Waals surface area contributed by atoms with Gasteiger partial charge < -0.3 is 14.6 Å². The predicted octanol–water partition coefficient (Wildman–Crippen LogP) is 4.96. The number of aromatic carboxylic acids is 1. The topological polar surface area (TPSA) is 97.2 Å². The lowest BCUT2D eigenvalue weighted by Crippen LogP contribution is -2.19. The molecule has 3 aromatic carbocycles. The van der Waals surface area contributed by atoms with Crippen LogP contribution in [0.1, 0.15) is 34.0 Å². The van der Waals surface area contributed by atoms with Crippen molar-refractivity contribution in [1.82, 2.24) is 5.43 Å². The van der Waals surface area contributed by atoms with E-state index in [2.05, 4.69) is 26.5 Å². The van der Waals surface area contributed by atoms with E-state index in [1.165, 1.54) is 24.4 Å². The molecule has 0 aliphatic rings. The summed E-state index contributed by atoms with van der Waals surface area (Å²) in [4.78, 5) is 23.2. The van der Waals surface area contributed by atoms with Gasteiger partial charge in [0.15, 0.2) is 11.5 Å². The molecule has 1 amide bonds. The second kappa shape index (κ2) is 11.9. The number of rotatable bonds is 10. The maximum atomic E-state index is 13.0. The molecule has 0 aliphatic carbocycles. The number of benzene rings is 3. The fraction of sp³-hybridized carbons (Fsp3) is 0.160. The summed E-state index contributed by atoms with van der Waals surface area (Å²) in [6.07, 6.45) is 1.54. The van der Waals surface area contributed by atoms with Crippen molar-refractivity contribution in [3.8, 4) is 11.5 Å². The number of hydrogen-bond donors (Lipinski definition) is 2. The van der Waals surface area contributed by atoms with Crippen LogP contribution in [-0.2, 0) is 17.8 Å². The van der Waals surface area contributed by atoms with E-state index in [4.69, 9.17) is 14.6 Å². The van der Waals surface area contributed by atoms with Crippen LogP contribution in [-0.4, -0.2) is 29.8 Å². The van der Waals surface area contributed by atoms with E-state index < -0.39 is 5.97 Å². The highest BCUT2D eigenvalue weighted by molar-refractivity contribution is 9.10. The van der Waals surface area contributed by atoms with Gasteiger partial charge in [-0.05, 0) is 75.9 Å². The van der Waals surface area contributed by atoms with E-state index >= 15 is 0 Å². The number of hydrazone groups is 1. The van der Waals surface area contributed by atoms with Gasteiger partial charge in [0.1, 0.15) is 12.4 Å². The highest BCUT2D eigenvalue weighted by Gasteiger charge is 2.13. The number of carbonyl (C=O) groups excluding carboxylic acids is 1. The first-order valence-corrected chi connectivity index (χ1v) is 11.1. The summed E-state index contributed by atoms with van der Waals surface area (Å²) in [7, 11) is 0. The standard InChI is InChI=1S/C25H22BrFN2O5/c1-2-33-22-12-18(14-28-29-23(30)13-16-6-8-20(27)9-7-16)11-21(26)24(22)34-15-17-4-3-5-19(10-17)25(31)32/h3-12,14H,2,13,15H2,1H3,(H,29,30)(H,31,32)/b28-14+. The lowest BCUT2D eigenvalue weighted by Gasteiger charge is -2.15. The van der Waals surface area contributed by atoms with Crippen LogP contribution in [0.4, 0.5) is 4.39 Å². The number of carboxylic acids is 1. The molecule has 0 saturated carbocycles. The van der Waals surface area contributed by atoms with Crippen LogP contribution in [0.2, 0.25) is 0 Å². The van der Waals surface area contributed by atoms with Crippen LogP contribution < -0.4 is 14.9 Å². The average molecular weight is 529 g/mol.